The number of hydrogen-bond donors (Lipinski definition) is 0. The lowest BCUT2D eigenvalue weighted by atomic mass is 9.94. The Labute approximate surface area is 146 Å². The Bertz CT molecular complexity index is 970. The normalized spacial score (nSPS) is 13.7. The molecule has 4 nitrogen and oxygen atoms in total. The minimum atomic E-state index is -0.380. The number of carbonyl (C=O) groups is 2. The Morgan fingerprint density at radius 2 is 1.92 bits per heavy atom. The van der Waals surface area contributed by atoms with Crippen LogP contribution in [0.25, 0.3) is 10.9 Å². The van der Waals surface area contributed by atoms with Gasteiger partial charge < -0.3 is 9.30 Å². The van der Waals surface area contributed by atoms with Crippen molar-refractivity contribution in [2.75, 3.05) is 7.11 Å². The van der Waals surface area contributed by atoms with Crippen LogP contribution in [0.4, 0.5) is 0 Å². The number of carbonyl (C=O) groups excluding carboxylic acids is 2. The van der Waals surface area contributed by atoms with Crippen molar-refractivity contribution in [1.29, 1.82) is 0 Å². The van der Waals surface area contributed by atoms with Crippen LogP contribution in [0.1, 0.15) is 44.8 Å². The van der Waals surface area contributed by atoms with Gasteiger partial charge in [0, 0.05) is 35.1 Å². The molecule has 2 aromatic carbocycles. The maximum atomic E-state index is 12.6. The zero-order valence-electron chi connectivity index (χ0n) is 14.1. The average Bonchev–Trinajstić information content (AvgIpc) is 2.96. The van der Waals surface area contributed by atoms with Crippen molar-refractivity contribution >= 4 is 22.7 Å². The lowest BCUT2D eigenvalue weighted by Gasteiger charge is -2.15. The van der Waals surface area contributed by atoms with Crippen molar-refractivity contribution in [2.24, 2.45) is 0 Å². The molecule has 0 amide bonds. The molecule has 0 N–H and O–H groups in total. The van der Waals surface area contributed by atoms with E-state index in [4.69, 9.17) is 4.74 Å². The first-order chi connectivity index (χ1) is 12.2. The lowest BCUT2D eigenvalue weighted by Crippen LogP contribution is -2.13. The second kappa shape index (κ2) is 6.20. The molecule has 1 heterocycles. The van der Waals surface area contributed by atoms with E-state index >= 15 is 0 Å². The highest BCUT2D eigenvalue weighted by atomic mass is 16.5. The smallest absolute Gasteiger partial charge is 0.337 e. The number of methoxy groups -OCH3 is 1. The summed E-state index contributed by atoms with van der Waals surface area (Å²) in [6.07, 6.45) is 2.33. The molecule has 0 aliphatic heterocycles. The van der Waals surface area contributed by atoms with Crippen LogP contribution in [-0.2, 0) is 17.7 Å². The van der Waals surface area contributed by atoms with Gasteiger partial charge in [-0.25, -0.2) is 4.79 Å². The SMILES string of the molecule is COC(=O)c1ccc2c(c1)c1c(n2Cc2ccccc2)CCCC1=O. The maximum Gasteiger partial charge on any atom is 0.337 e. The van der Waals surface area contributed by atoms with Crippen LogP contribution >= 0.6 is 0 Å². The molecule has 1 aliphatic rings. The maximum absolute atomic E-state index is 12.6. The molecule has 0 atom stereocenters. The van der Waals surface area contributed by atoms with Crippen molar-refractivity contribution in [3.8, 4) is 0 Å². The van der Waals surface area contributed by atoms with Crippen LogP contribution in [0, 0.1) is 0 Å². The molecule has 1 aromatic heterocycles. The van der Waals surface area contributed by atoms with E-state index in [-0.39, 0.29) is 11.8 Å². The molecule has 4 rings (SSSR count). The summed E-state index contributed by atoms with van der Waals surface area (Å²) < 4.78 is 7.05. The molecule has 25 heavy (non-hydrogen) atoms. The van der Waals surface area contributed by atoms with Crippen LogP contribution in [0.5, 0.6) is 0 Å². The van der Waals surface area contributed by atoms with E-state index in [9.17, 15) is 9.59 Å². The number of aromatic nitrogens is 1. The summed E-state index contributed by atoms with van der Waals surface area (Å²) in [6.45, 7) is 0.720. The highest BCUT2D eigenvalue weighted by Gasteiger charge is 2.26. The van der Waals surface area contributed by atoms with Gasteiger partial charge in [0.15, 0.2) is 5.78 Å². The van der Waals surface area contributed by atoms with Gasteiger partial charge >= 0.3 is 5.97 Å². The first-order valence-corrected chi connectivity index (χ1v) is 8.49. The van der Waals surface area contributed by atoms with E-state index in [1.54, 1.807) is 12.1 Å². The molecule has 0 saturated heterocycles. The second-order valence-corrected chi connectivity index (χ2v) is 6.39. The van der Waals surface area contributed by atoms with Gasteiger partial charge in [-0.2, -0.15) is 0 Å². The molecular weight excluding hydrogens is 314 g/mol. The van der Waals surface area contributed by atoms with E-state index in [1.807, 2.05) is 24.3 Å². The van der Waals surface area contributed by atoms with Gasteiger partial charge in [-0.05, 0) is 36.6 Å². The Hall–Kier alpha value is -2.88. The number of fused-ring (bicyclic) bond motifs is 3. The molecule has 0 unspecified atom stereocenters. The van der Waals surface area contributed by atoms with Gasteiger partial charge in [0.2, 0.25) is 0 Å². The summed E-state index contributed by atoms with van der Waals surface area (Å²) in [6, 6.07) is 15.7. The van der Waals surface area contributed by atoms with Crippen molar-refractivity contribution < 1.29 is 14.3 Å². The Kier molecular flexibility index (Phi) is 3.88. The molecule has 0 radical (unpaired) electrons. The fourth-order valence-electron chi connectivity index (χ4n) is 3.71. The largest absolute Gasteiger partial charge is 0.465 e. The zero-order chi connectivity index (χ0) is 17.4. The zero-order valence-corrected chi connectivity index (χ0v) is 14.1. The summed E-state index contributed by atoms with van der Waals surface area (Å²) in [5.74, 6) is -0.213. The van der Waals surface area contributed by atoms with Gasteiger partial charge in [0.05, 0.1) is 12.7 Å². The second-order valence-electron chi connectivity index (χ2n) is 6.39. The molecule has 126 valence electrons. The molecule has 4 heteroatoms. The predicted octanol–water partition coefficient (Wildman–Crippen LogP) is 4.00. The van der Waals surface area contributed by atoms with E-state index in [0.717, 1.165) is 41.5 Å². The minimum Gasteiger partial charge on any atom is -0.465 e. The van der Waals surface area contributed by atoms with Crippen LogP contribution in [0.2, 0.25) is 0 Å². The van der Waals surface area contributed by atoms with Crippen LogP contribution in [0.3, 0.4) is 0 Å². The first kappa shape index (κ1) is 15.6. The van der Waals surface area contributed by atoms with Gasteiger partial charge in [0.1, 0.15) is 0 Å². The fraction of sp³-hybridized carbons (Fsp3) is 0.238. The first-order valence-electron chi connectivity index (χ1n) is 8.49. The number of Topliss-reactive ketones (excluding diaryl/α,β-unsaturated/α-hetero) is 1. The monoisotopic (exact) mass is 333 g/mol. The van der Waals surface area contributed by atoms with Crippen molar-refractivity contribution in [2.45, 2.75) is 25.8 Å². The number of nitrogens with zero attached hydrogens (tertiary/aromatic N) is 1. The lowest BCUT2D eigenvalue weighted by molar-refractivity contribution is 0.0600. The molecule has 3 aromatic rings. The number of ether oxygens (including phenoxy) is 1. The average molecular weight is 333 g/mol. The third-order valence-corrected chi connectivity index (χ3v) is 4.87. The number of hydrogen-bond acceptors (Lipinski definition) is 3. The van der Waals surface area contributed by atoms with Gasteiger partial charge in [-0.15, -0.1) is 0 Å². The summed E-state index contributed by atoms with van der Waals surface area (Å²) >= 11 is 0. The summed E-state index contributed by atoms with van der Waals surface area (Å²) in [5.41, 5.74) is 4.53. The standard InChI is InChI=1S/C21H19NO3/c1-25-21(24)15-10-11-17-16(12-15)20-18(8-5-9-19(20)23)22(17)13-14-6-3-2-4-7-14/h2-4,6-7,10-12H,5,8-9,13H2,1H3. The van der Waals surface area contributed by atoms with Crippen molar-refractivity contribution in [1.82, 2.24) is 4.57 Å². The molecule has 1 aliphatic carbocycles. The van der Waals surface area contributed by atoms with Crippen molar-refractivity contribution in [3.05, 3.63) is 70.9 Å². The Morgan fingerprint density at radius 1 is 1.12 bits per heavy atom. The van der Waals surface area contributed by atoms with Crippen molar-refractivity contribution in [3.63, 3.8) is 0 Å². The molecule has 0 spiro atoms. The topological polar surface area (TPSA) is 48.3 Å². The number of esters is 1. The van der Waals surface area contributed by atoms with Gasteiger partial charge in [-0.3, -0.25) is 4.79 Å². The van der Waals surface area contributed by atoms with E-state index in [2.05, 4.69) is 16.7 Å². The molecule has 0 bridgehead atoms. The highest BCUT2D eigenvalue weighted by molar-refractivity contribution is 6.11. The molecule has 0 fully saturated rings. The van der Waals surface area contributed by atoms with Gasteiger partial charge in [0.25, 0.3) is 0 Å². The van der Waals surface area contributed by atoms with Crippen LogP contribution in [-0.4, -0.2) is 23.4 Å². The Balaban J connectivity index is 1.93. The number of benzene rings is 2. The quantitative estimate of drug-likeness (QED) is 0.681. The van der Waals surface area contributed by atoms with Crippen LogP contribution < -0.4 is 0 Å². The number of ketones is 1. The molecule has 0 saturated carbocycles. The third-order valence-electron chi connectivity index (χ3n) is 4.87. The van der Waals surface area contributed by atoms with E-state index < -0.39 is 0 Å². The summed E-state index contributed by atoms with van der Waals surface area (Å²) in [4.78, 5) is 24.5. The fourth-order valence-corrected chi connectivity index (χ4v) is 3.71. The Morgan fingerprint density at radius 3 is 2.68 bits per heavy atom. The predicted molar refractivity (Wildman–Crippen MR) is 96.1 cm³/mol. The number of rotatable bonds is 3. The third kappa shape index (κ3) is 2.64. The minimum absolute atomic E-state index is 0.167. The van der Waals surface area contributed by atoms with E-state index in [0.29, 0.717) is 12.0 Å². The highest BCUT2D eigenvalue weighted by Crippen LogP contribution is 2.33. The van der Waals surface area contributed by atoms with E-state index in [1.165, 1.54) is 12.7 Å². The van der Waals surface area contributed by atoms with Gasteiger partial charge in [-0.1, -0.05) is 30.3 Å². The molecular formula is C21H19NO3. The summed E-state index contributed by atoms with van der Waals surface area (Å²) in [7, 11) is 1.37. The van der Waals surface area contributed by atoms with Crippen LogP contribution in [0.15, 0.2) is 48.5 Å². The summed E-state index contributed by atoms with van der Waals surface area (Å²) in [5, 5.41) is 0.860.